The molecule has 0 saturated carbocycles. The maximum atomic E-state index is 12.0. The second-order valence-corrected chi connectivity index (χ2v) is 6.55. The molecule has 2 N–H and O–H groups in total. The third kappa shape index (κ3) is 2.77. The highest BCUT2D eigenvalue weighted by Gasteiger charge is 2.30. The van der Waals surface area contributed by atoms with E-state index < -0.39 is 10.0 Å². The van der Waals surface area contributed by atoms with E-state index >= 15 is 0 Å². The third-order valence-corrected chi connectivity index (χ3v) is 4.90. The van der Waals surface area contributed by atoms with Crippen LogP contribution >= 0.6 is 0 Å². The number of hydrogen-bond acceptors (Lipinski definition) is 5. The van der Waals surface area contributed by atoms with Crippen LogP contribution in [0.5, 0.6) is 0 Å². The number of hydrogen-bond donors (Lipinski definition) is 2. The Morgan fingerprint density at radius 2 is 1.95 bits per heavy atom. The highest BCUT2D eigenvalue weighted by atomic mass is 32.2. The fraction of sp³-hybridized carbons (Fsp3) is 0.385. The maximum absolute atomic E-state index is 12.0. The van der Waals surface area contributed by atoms with Crippen LogP contribution in [-0.4, -0.2) is 57.8 Å². The molecule has 0 bridgehead atoms. The lowest BCUT2D eigenvalue weighted by molar-refractivity contribution is -0.130. The molecule has 0 atom stereocenters. The first-order valence-corrected chi connectivity index (χ1v) is 8.21. The Morgan fingerprint density at radius 3 is 2.71 bits per heavy atom. The molecule has 7 nitrogen and oxygen atoms in total. The molecule has 0 aliphatic carbocycles. The molecule has 1 amide bonds. The lowest BCUT2D eigenvalue weighted by atomic mass is 10.2. The number of benzene rings is 1. The van der Waals surface area contributed by atoms with E-state index in [9.17, 15) is 13.2 Å². The molecule has 0 spiro atoms. The Bertz CT molecular complexity index is 693. The summed E-state index contributed by atoms with van der Waals surface area (Å²) in [7, 11) is -3.54. The van der Waals surface area contributed by atoms with E-state index in [4.69, 9.17) is 0 Å². The van der Waals surface area contributed by atoms with Crippen molar-refractivity contribution in [3.63, 3.8) is 0 Å². The molecule has 1 fully saturated rings. The number of carbonyl (C=O) groups excluding carboxylic acids is 1. The second-order valence-electron chi connectivity index (χ2n) is 4.90. The van der Waals surface area contributed by atoms with Gasteiger partial charge in [0.2, 0.25) is 5.91 Å². The first-order chi connectivity index (χ1) is 10.1. The van der Waals surface area contributed by atoms with Gasteiger partial charge in [-0.1, -0.05) is 12.1 Å². The summed E-state index contributed by atoms with van der Waals surface area (Å²) in [5, 5.41) is 3.17. The van der Waals surface area contributed by atoms with Gasteiger partial charge in [-0.25, -0.2) is 8.42 Å². The lowest BCUT2D eigenvalue weighted by Gasteiger charge is -2.26. The van der Waals surface area contributed by atoms with E-state index in [2.05, 4.69) is 15.0 Å². The lowest BCUT2D eigenvalue weighted by Crippen LogP contribution is -2.47. The van der Waals surface area contributed by atoms with E-state index in [0.717, 1.165) is 13.1 Å². The fourth-order valence-electron chi connectivity index (χ4n) is 2.41. The summed E-state index contributed by atoms with van der Waals surface area (Å²) in [6, 6.07) is 6.61. The Labute approximate surface area is 123 Å². The van der Waals surface area contributed by atoms with Crippen molar-refractivity contribution in [1.29, 1.82) is 0 Å². The number of fused-ring (bicyclic) bond motifs is 1. The van der Waals surface area contributed by atoms with Crippen molar-refractivity contribution in [2.45, 2.75) is 4.90 Å². The molecule has 8 heteroatoms. The van der Waals surface area contributed by atoms with E-state index in [1.165, 1.54) is 6.07 Å². The minimum absolute atomic E-state index is 0.0494. The number of carbonyl (C=O) groups is 1. The monoisotopic (exact) mass is 308 g/mol. The molecule has 2 aliphatic heterocycles. The number of nitrogens with zero attached hydrogens (tertiary/aromatic N) is 2. The molecule has 2 aliphatic rings. The van der Waals surface area contributed by atoms with Crippen molar-refractivity contribution < 1.29 is 13.2 Å². The van der Waals surface area contributed by atoms with E-state index in [1.54, 1.807) is 23.1 Å². The highest BCUT2D eigenvalue weighted by Crippen LogP contribution is 2.22. The van der Waals surface area contributed by atoms with E-state index in [0.29, 0.717) is 18.7 Å². The second kappa shape index (κ2) is 5.45. The third-order valence-electron chi connectivity index (χ3n) is 3.50. The molecule has 0 aromatic heterocycles. The molecule has 21 heavy (non-hydrogen) atoms. The average molecular weight is 308 g/mol. The molecule has 1 aromatic rings. The summed E-state index contributed by atoms with van der Waals surface area (Å²) >= 11 is 0. The summed E-state index contributed by atoms with van der Waals surface area (Å²) in [6.45, 7) is 2.82. The number of nitrogens with one attached hydrogen (secondary N) is 2. The average Bonchev–Trinajstić information content (AvgIpc) is 2.77. The molecular weight excluding hydrogens is 292 g/mol. The summed E-state index contributed by atoms with van der Waals surface area (Å²) < 4.78 is 26.2. The Hall–Kier alpha value is -1.93. The fourth-order valence-corrected chi connectivity index (χ4v) is 3.66. The van der Waals surface area contributed by atoms with Gasteiger partial charge in [0.05, 0.1) is 4.90 Å². The van der Waals surface area contributed by atoms with Gasteiger partial charge >= 0.3 is 0 Å². The van der Waals surface area contributed by atoms with Crippen LogP contribution in [-0.2, 0) is 14.8 Å². The number of amides is 1. The predicted octanol–water partition coefficient (Wildman–Crippen LogP) is -0.843. The van der Waals surface area contributed by atoms with Gasteiger partial charge in [0.1, 0.15) is 12.4 Å². The molecule has 2 heterocycles. The first-order valence-electron chi connectivity index (χ1n) is 6.73. The molecule has 3 rings (SSSR count). The minimum atomic E-state index is -3.54. The van der Waals surface area contributed by atoms with Crippen LogP contribution in [0, 0.1) is 0 Å². The van der Waals surface area contributed by atoms with Gasteiger partial charge in [0.25, 0.3) is 10.0 Å². The van der Waals surface area contributed by atoms with Gasteiger partial charge in [0, 0.05) is 31.7 Å². The van der Waals surface area contributed by atoms with Crippen molar-refractivity contribution in [2.24, 2.45) is 4.99 Å². The quantitative estimate of drug-likeness (QED) is 0.745. The largest absolute Gasteiger partial charge is 0.339 e. The molecular formula is C13H16N4O3S. The standard InChI is InChI=1S/C13H16N4O3S/c18-12(17-7-5-14-6-8-17)9-15-13-10-3-1-2-4-11(10)21(19,20)16-13/h1-4,14H,5-9H2,(H,15,16). The van der Waals surface area contributed by atoms with Crippen LogP contribution in [0.4, 0.5) is 0 Å². The molecule has 112 valence electrons. The van der Waals surface area contributed by atoms with Gasteiger partial charge < -0.3 is 10.2 Å². The minimum Gasteiger partial charge on any atom is -0.339 e. The van der Waals surface area contributed by atoms with Crippen LogP contribution in [0.15, 0.2) is 34.2 Å². The summed E-state index contributed by atoms with van der Waals surface area (Å²) in [6.07, 6.45) is 0. The summed E-state index contributed by atoms with van der Waals surface area (Å²) in [4.78, 5) is 18.1. The molecule has 1 aromatic carbocycles. The Balaban J connectivity index is 1.77. The Morgan fingerprint density at radius 1 is 1.24 bits per heavy atom. The topological polar surface area (TPSA) is 90.9 Å². The van der Waals surface area contributed by atoms with Crippen LogP contribution in [0.2, 0.25) is 0 Å². The number of amidine groups is 1. The van der Waals surface area contributed by atoms with Crippen LogP contribution in [0.3, 0.4) is 0 Å². The van der Waals surface area contributed by atoms with Gasteiger partial charge in [-0.2, -0.15) is 0 Å². The Kier molecular flexibility index (Phi) is 3.64. The molecule has 0 unspecified atom stereocenters. The zero-order chi connectivity index (χ0) is 14.9. The number of aliphatic imine (C=N–C) groups is 1. The van der Waals surface area contributed by atoms with Gasteiger partial charge in [-0.15, -0.1) is 0 Å². The predicted molar refractivity (Wildman–Crippen MR) is 77.6 cm³/mol. The van der Waals surface area contributed by atoms with E-state index in [1.807, 2.05) is 0 Å². The van der Waals surface area contributed by atoms with Crippen LogP contribution in [0.1, 0.15) is 5.56 Å². The van der Waals surface area contributed by atoms with Crippen LogP contribution in [0.25, 0.3) is 0 Å². The van der Waals surface area contributed by atoms with Gasteiger partial charge in [-0.05, 0) is 12.1 Å². The maximum Gasteiger partial charge on any atom is 0.263 e. The number of rotatable bonds is 2. The van der Waals surface area contributed by atoms with Crippen molar-refractivity contribution >= 4 is 21.8 Å². The summed E-state index contributed by atoms with van der Waals surface area (Å²) in [5.74, 6) is 0.154. The SMILES string of the molecule is O=C(CN=C1NS(=O)(=O)c2ccccc21)N1CCNCC1. The molecule has 0 radical (unpaired) electrons. The summed E-state index contributed by atoms with van der Waals surface area (Å²) in [5.41, 5.74) is 0.519. The van der Waals surface area contributed by atoms with Crippen molar-refractivity contribution in [3.8, 4) is 0 Å². The first kappa shape index (κ1) is 14.0. The molecule has 1 saturated heterocycles. The van der Waals surface area contributed by atoms with Crippen molar-refractivity contribution in [1.82, 2.24) is 14.9 Å². The van der Waals surface area contributed by atoms with Gasteiger partial charge in [0.15, 0.2) is 0 Å². The highest BCUT2D eigenvalue weighted by molar-refractivity contribution is 7.90. The number of piperazine rings is 1. The van der Waals surface area contributed by atoms with E-state index in [-0.39, 0.29) is 23.2 Å². The van der Waals surface area contributed by atoms with Crippen molar-refractivity contribution in [2.75, 3.05) is 32.7 Å². The van der Waals surface area contributed by atoms with Crippen molar-refractivity contribution in [3.05, 3.63) is 29.8 Å². The smallest absolute Gasteiger partial charge is 0.263 e. The van der Waals surface area contributed by atoms with Gasteiger partial charge in [-0.3, -0.25) is 14.5 Å². The zero-order valence-corrected chi connectivity index (χ0v) is 12.2. The zero-order valence-electron chi connectivity index (χ0n) is 11.4. The van der Waals surface area contributed by atoms with Crippen LogP contribution < -0.4 is 10.0 Å². The normalized spacial score (nSPS) is 21.9. The number of sulfonamides is 1.